The van der Waals surface area contributed by atoms with Crippen LogP contribution in [0.4, 0.5) is 0 Å². The molecule has 2 N–H and O–H groups in total. The Hall–Kier alpha value is -1.51. The Bertz CT molecular complexity index is 514. The zero-order valence-corrected chi connectivity index (χ0v) is 16.5. The van der Waals surface area contributed by atoms with Gasteiger partial charge in [-0.2, -0.15) is 0 Å². The number of carboxylic acids is 1. The third-order valence-corrected chi connectivity index (χ3v) is 5.50. The van der Waals surface area contributed by atoms with Crippen LogP contribution in [0.2, 0.25) is 0 Å². The molecule has 142 valence electrons. The van der Waals surface area contributed by atoms with Gasteiger partial charge < -0.3 is 10.2 Å². The third-order valence-electron chi connectivity index (χ3n) is 5.50. The number of phenolic OH excluding ortho intramolecular Hbond substituents is 1. The monoisotopic (exact) mass is 348 g/mol. The highest BCUT2D eigenvalue weighted by Gasteiger charge is 2.42. The van der Waals surface area contributed by atoms with Gasteiger partial charge in [-0.1, -0.05) is 71.4 Å². The molecule has 3 heteroatoms. The Balaban J connectivity index is 3.38. The second-order valence-electron chi connectivity index (χ2n) is 7.49. The van der Waals surface area contributed by atoms with Crippen molar-refractivity contribution in [1.29, 1.82) is 0 Å². The average Bonchev–Trinajstić information content (AvgIpc) is 2.58. The minimum Gasteiger partial charge on any atom is -0.508 e. The van der Waals surface area contributed by atoms with Crippen LogP contribution in [0.15, 0.2) is 18.2 Å². The van der Waals surface area contributed by atoms with E-state index in [2.05, 4.69) is 20.8 Å². The topological polar surface area (TPSA) is 57.5 Å². The lowest BCUT2D eigenvalue weighted by molar-refractivity contribution is -0.143. The number of phenols is 1. The number of unbranched alkanes of at least 4 members (excludes halogenated alkanes) is 3. The van der Waals surface area contributed by atoms with Gasteiger partial charge in [0.25, 0.3) is 0 Å². The van der Waals surface area contributed by atoms with Crippen LogP contribution in [0.1, 0.15) is 95.6 Å². The summed E-state index contributed by atoms with van der Waals surface area (Å²) < 4.78 is 0. The minimum absolute atomic E-state index is 0.197. The summed E-state index contributed by atoms with van der Waals surface area (Å²) in [6.45, 7) is 8.35. The van der Waals surface area contributed by atoms with Crippen molar-refractivity contribution < 1.29 is 15.0 Å². The number of benzene rings is 1. The molecule has 0 aliphatic rings. The normalized spacial score (nSPS) is 13.0. The van der Waals surface area contributed by atoms with Crippen molar-refractivity contribution in [3.8, 4) is 5.75 Å². The fourth-order valence-corrected chi connectivity index (χ4v) is 4.01. The lowest BCUT2D eigenvalue weighted by Gasteiger charge is -2.40. The fourth-order valence-electron chi connectivity index (χ4n) is 4.01. The summed E-state index contributed by atoms with van der Waals surface area (Å²) in [6, 6.07) is 5.32. The number of aliphatic carboxylic acids is 1. The third kappa shape index (κ3) is 5.76. The van der Waals surface area contributed by atoms with Gasteiger partial charge in [0.2, 0.25) is 0 Å². The highest BCUT2D eigenvalue weighted by molar-refractivity contribution is 5.77. The molecule has 0 spiro atoms. The quantitative estimate of drug-likeness (QED) is 0.458. The summed E-state index contributed by atoms with van der Waals surface area (Å²) in [5.41, 5.74) is 1.39. The van der Waals surface area contributed by atoms with E-state index in [9.17, 15) is 15.0 Å². The first kappa shape index (κ1) is 21.5. The molecular formula is C22H36O3. The molecule has 25 heavy (non-hydrogen) atoms. The molecule has 1 unspecified atom stereocenters. The number of rotatable bonds is 12. The van der Waals surface area contributed by atoms with Crippen molar-refractivity contribution in [1.82, 2.24) is 0 Å². The first-order chi connectivity index (χ1) is 11.9. The van der Waals surface area contributed by atoms with Crippen LogP contribution in [0.3, 0.4) is 0 Å². The van der Waals surface area contributed by atoms with Crippen molar-refractivity contribution in [3.63, 3.8) is 0 Å². The molecule has 1 aromatic rings. The van der Waals surface area contributed by atoms with Crippen LogP contribution in [0, 0.1) is 12.3 Å². The van der Waals surface area contributed by atoms with E-state index in [0.29, 0.717) is 0 Å². The molecule has 1 rings (SSSR count). The van der Waals surface area contributed by atoms with Gasteiger partial charge in [-0.25, -0.2) is 0 Å². The van der Waals surface area contributed by atoms with Gasteiger partial charge in [0.05, 0.1) is 5.92 Å². The highest BCUT2D eigenvalue weighted by Crippen LogP contribution is 2.49. The smallest absolute Gasteiger partial charge is 0.311 e. The number of carbonyl (C=O) groups is 1. The van der Waals surface area contributed by atoms with E-state index in [4.69, 9.17) is 0 Å². The highest BCUT2D eigenvalue weighted by atomic mass is 16.4. The molecule has 0 saturated carbocycles. The summed E-state index contributed by atoms with van der Waals surface area (Å²) in [4.78, 5) is 12.4. The van der Waals surface area contributed by atoms with Crippen LogP contribution in [0.25, 0.3) is 0 Å². The molecule has 1 aromatic carbocycles. The summed E-state index contributed by atoms with van der Waals surface area (Å²) in [5.74, 6) is -1.00. The summed E-state index contributed by atoms with van der Waals surface area (Å²) in [7, 11) is 0. The Morgan fingerprint density at radius 3 is 1.84 bits per heavy atom. The maximum absolute atomic E-state index is 12.4. The first-order valence-electron chi connectivity index (χ1n) is 9.94. The van der Waals surface area contributed by atoms with E-state index < -0.39 is 11.9 Å². The SMILES string of the molecule is CCCCC(CCCC)(CCCC)C(C(=O)O)c1ccc(O)c(C)c1. The van der Waals surface area contributed by atoms with E-state index in [1.807, 2.05) is 13.0 Å². The fraction of sp³-hybridized carbons (Fsp3) is 0.682. The molecule has 0 saturated heterocycles. The van der Waals surface area contributed by atoms with Gasteiger partial charge >= 0.3 is 5.97 Å². The second-order valence-corrected chi connectivity index (χ2v) is 7.49. The van der Waals surface area contributed by atoms with Crippen molar-refractivity contribution in [2.75, 3.05) is 0 Å². The van der Waals surface area contributed by atoms with Crippen LogP contribution in [0.5, 0.6) is 5.75 Å². The molecule has 0 radical (unpaired) electrons. The molecule has 0 aliphatic heterocycles. The molecule has 0 bridgehead atoms. The number of carboxylic acid groups (broad SMARTS) is 1. The van der Waals surface area contributed by atoms with Gasteiger partial charge in [-0.15, -0.1) is 0 Å². The van der Waals surface area contributed by atoms with E-state index in [-0.39, 0.29) is 11.2 Å². The van der Waals surface area contributed by atoms with Crippen molar-refractivity contribution in [3.05, 3.63) is 29.3 Å². The Morgan fingerprint density at radius 1 is 1.00 bits per heavy atom. The van der Waals surface area contributed by atoms with Gasteiger partial charge in [-0.3, -0.25) is 4.79 Å². The maximum atomic E-state index is 12.4. The Labute approximate surface area is 153 Å². The molecule has 0 heterocycles. The van der Waals surface area contributed by atoms with Crippen LogP contribution < -0.4 is 0 Å². The number of hydrogen-bond donors (Lipinski definition) is 2. The predicted molar refractivity (Wildman–Crippen MR) is 104 cm³/mol. The van der Waals surface area contributed by atoms with E-state index in [1.54, 1.807) is 12.1 Å². The Morgan fingerprint density at radius 2 is 1.48 bits per heavy atom. The molecule has 0 aliphatic carbocycles. The van der Waals surface area contributed by atoms with E-state index >= 15 is 0 Å². The number of aromatic hydroxyl groups is 1. The zero-order chi connectivity index (χ0) is 18.9. The van der Waals surface area contributed by atoms with Crippen molar-refractivity contribution in [2.24, 2.45) is 5.41 Å². The summed E-state index contributed by atoms with van der Waals surface area (Å²) in [5, 5.41) is 20.0. The number of aryl methyl sites for hydroxylation is 1. The standard InChI is InChI=1S/C22H36O3/c1-5-8-13-22(14-9-6-2,15-10-7-3)20(21(24)25)18-11-12-19(23)17(4)16-18/h11-12,16,20,23H,5-10,13-15H2,1-4H3,(H,24,25). The van der Waals surface area contributed by atoms with Gasteiger partial charge in [-0.05, 0) is 48.8 Å². The summed E-state index contributed by atoms with van der Waals surface area (Å²) in [6.07, 6.45) is 9.32. The van der Waals surface area contributed by atoms with Crippen LogP contribution in [-0.2, 0) is 4.79 Å². The van der Waals surface area contributed by atoms with Gasteiger partial charge in [0.1, 0.15) is 5.75 Å². The molecular weight excluding hydrogens is 312 g/mol. The zero-order valence-electron chi connectivity index (χ0n) is 16.5. The van der Waals surface area contributed by atoms with Crippen molar-refractivity contribution >= 4 is 5.97 Å². The minimum atomic E-state index is -0.728. The van der Waals surface area contributed by atoms with E-state index in [1.165, 1.54) is 0 Å². The first-order valence-corrected chi connectivity index (χ1v) is 9.94. The molecule has 0 amide bonds. The second kappa shape index (κ2) is 10.5. The lowest BCUT2D eigenvalue weighted by Crippen LogP contribution is -2.35. The van der Waals surface area contributed by atoms with Gasteiger partial charge in [0, 0.05) is 0 Å². The Kier molecular flexibility index (Phi) is 9.02. The molecule has 0 aromatic heterocycles. The van der Waals surface area contributed by atoms with Crippen molar-refractivity contribution in [2.45, 2.75) is 91.4 Å². The van der Waals surface area contributed by atoms with Crippen LogP contribution >= 0.6 is 0 Å². The number of hydrogen-bond acceptors (Lipinski definition) is 2. The summed E-state index contributed by atoms with van der Waals surface area (Å²) >= 11 is 0. The predicted octanol–water partition coefficient (Wildman–Crippen LogP) is 6.43. The molecule has 0 fully saturated rings. The average molecular weight is 349 g/mol. The van der Waals surface area contributed by atoms with Crippen LogP contribution in [-0.4, -0.2) is 16.2 Å². The van der Waals surface area contributed by atoms with E-state index in [0.717, 1.165) is 68.9 Å². The largest absolute Gasteiger partial charge is 0.508 e. The maximum Gasteiger partial charge on any atom is 0.311 e. The lowest BCUT2D eigenvalue weighted by atomic mass is 9.63. The molecule has 3 nitrogen and oxygen atoms in total. The molecule has 1 atom stereocenters. The van der Waals surface area contributed by atoms with Gasteiger partial charge in [0.15, 0.2) is 0 Å².